The van der Waals surface area contributed by atoms with E-state index >= 15 is 0 Å². The van der Waals surface area contributed by atoms with Gasteiger partial charge in [-0.3, -0.25) is 13.9 Å². The Morgan fingerprint density at radius 2 is 1.76 bits per heavy atom. The summed E-state index contributed by atoms with van der Waals surface area (Å²) in [6.45, 7) is 2.40. The average Bonchev–Trinajstić information content (AvgIpc) is 3.17. The first-order valence-electron chi connectivity index (χ1n) is 10.3. The highest BCUT2D eigenvalue weighted by molar-refractivity contribution is 7.92. The zero-order valence-electron chi connectivity index (χ0n) is 17.9. The minimum atomic E-state index is -3.33. The molecule has 0 bridgehead atoms. The number of carbonyl (C=O) groups is 2. The molecule has 3 aromatic rings. The average molecular weight is 486 g/mol. The van der Waals surface area contributed by atoms with Gasteiger partial charge in [0.15, 0.2) is 10.8 Å². The number of nitrogens with two attached hydrogens (primary N) is 1. The number of benzene rings is 2. The van der Waals surface area contributed by atoms with Gasteiger partial charge in [0.1, 0.15) is 5.00 Å². The first kappa shape index (κ1) is 22.7. The van der Waals surface area contributed by atoms with E-state index in [1.165, 1.54) is 4.31 Å². The number of nitrogens with zero attached hydrogens (tertiary/aromatic N) is 2. The minimum absolute atomic E-state index is 0.0426. The standard InChI is InChI=1S/C22H23N5O4S2/c1-14-4-8-16(9-5-14)24-22-25-18(19(23)28)21(32-22)26-20(29)15-6-10-17(11-7-15)27-12-2-3-13-33(27,30)31/h4-11H,2-3,12-13H2,1H3,(H2,23,28)(H,24,25)(H,26,29). The molecule has 2 aromatic carbocycles. The van der Waals surface area contributed by atoms with Crippen LogP contribution in [0.15, 0.2) is 48.5 Å². The maximum Gasteiger partial charge on any atom is 0.270 e. The van der Waals surface area contributed by atoms with Gasteiger partial charge in [0.2, 0.25) is 10.0 Å². The lowest BCUT2D eigenvalue weighted by molar-refractivity contribution is 0.0997. The van der Waals surface area contributed by atoms with E-state index in [2.05, 4.69) is 15.6 Å². The number of nitrogens with one attached hydrogen (secondary N) is 2. The van der Waals surface area contributed by atoms with Gasteiger partial charge < -0.3 is 16.4 Å². The van der Waals surface area contributed by atoms with Gasteiger partial charge in [0.25, 0.3) is 11.8 Å². The highest BCUT2D eigenvalue weighted by Crippen LogP contribution is 2.31. The van der Waals surface area contributed by atoms with Crippen molar-refractivity contribution in [3.8, 4) is 0 Å². The SMILES string of the molecule is Cc1ccc(Nc2nc(C(N)=O)c(NC(=O)c3ccc(N4CCCCS4(=O)=O)cc3)s2)cc1. The van der Waals surface area contributed by atoms with Crippen LogP contribution in [-0.4, -0.2) is 37.5 Å². The van der Waals surface area contributed by atoms with E-state index in [4.69, 9.17) is 5.73 Å². The van der Waals surface area contributed by atoms with Crippen molar-refractivity contribution in [1.82, 2.24) is 4.98 Å². The van der Waals surface area contributed by atoms with E-state index < -0.39 is 21.8 Å². The molecule has 1 aliphatic heterocycles. The number of sulfonamides is 1. The molecule has 172 valence electrons. The molecule has 11 heteroatoms. The Morgan fingerprint density at radius 1 is 1.06 bits per heavy atom. The number of hydrogen-bond donors (Lipinski definition) is 3. The molecule has 0 radical (unpaired) electrons. The Morgan fingerprint density at radius 3 is 2.39 bits per heavy atom. The predicted octanol–water partition coefficient (Wildman–Crippen LogP) is 3.48. The number of aryl methyl sites for hydroxylation is 1. The Bertz CT molecular complexity index is 1290. The van der Waals surface area contributed by atoms with Gasteiger partial charge in [-0.2, -0.15) is 0 Å². The third-order valence-electron chi connectivity index (χ3n) is 5.16. The van der Waals surface area contributed by atoms with Crippen molar-refractivity contribution < 1.29 is 18.0 Å². The Kier molecular flexibility index (Phi) is 6.34. The van der Waals surface area contributed by atoms with Crippen LogP contribution in [0.1, 0.15) is 39.3 Å². The van der Waals surface area contributed by atoms with Crippen LogP contribution in [-0.2, 0) is 10.0 Å². The van der Waals surface area contributed by atoms with Gasteiger partial charge in [-0.05, 0) is 56.2 Å². The van der Waals surface area contributed by atoms with Gasteiger partial charge in [-0.15, -0.1) is 0 Å². The highest BCUT2D eigenvalue weighted by atomic mass is 32.2. The molecule has 2 heterocycles. The summed E-state index contributed by atoms with van der Waals surface area (Å²) in [6.07, 6.45) is 1.44. The molecule has 33 heavy (non-hydrogen) atoms. The molecular weight excluding hydrogens is 462 g/mol. The number of hydrogen-bond acceptors (Lipinski definition) is 7. The van der Waals surface area contributed by atoms with Crippen LogP contribution in [0.5, 0.6) is 0 Å². The zero-order chi connectivity index (χ0) is 23.6. The van der Waals surface area contributed by atoms with Crippen LogP contribution in [0, 0.1) is 6.92 Å². The predicted molar refractivity (Wildman–Crippen MR) is 130 cm³/mol. The van der Waals surface area contributed by atoms with Crippen LogP contribution in [0.25, 0.3) is 0 Å². The maximum atomic E-state index is 12.8. The van der Waals surface area contributed by atoms with E-state index in [0.717, 1.165) is 29.0 Å². The summed E-state index contributed by atoms with van der Waals surface area (Å²) < 4.78 is 25.9. The maximum absolute atomic E-state index is 12.8. The van der Waals surface area contributed by atoms with E-state index in [-0.39, 0.29) is 16.4 Å². The normalized spacial score (nSPS) is 15.1. The van der Waals surface area contributed by atoms with Crippen molar-refractivity contribution in [1.29, 1.82) is 0 Å². The molecule has 9 nitrogen and oxygen atoms in total. The van der Waals surface area contributed by atoms with Crippen molar-refractivity contribution in [3.05, 3.63) is 65.4 Å². The fourth-order valence-corrected chi connectivity index (χ4v) is 5.94. The van der Waals surface area contributed by atoms with E-state index in [0.29, 0.717) is 29.3 Å². The smallest absolute Gasteiger partial charge is 0.270 e. The van der Waals surface area contributed by atoms with Crippen LogP contribution in [0.2, 0.25) is 0 Å². The van der Waals surface area contributed by atoms with Crippen molar-refractivity contribution in [3.63, 3.8) is 0 Å². The van der Waals surface area contributed by atoms with Crippen molar-refractivity contribution >= 4 is 54.7 Å². The Hall–Kier alpha value is -3.44. The molecule has 0 aliphatic carbocycles. The summed E-state index contributed by atoms with van der Waals surface area (Å²) in [5.41, 5.74) is 8.12. The molecular formula is C22H23N5O4S2. The van der Waals surface area contributed by atoms with Crippen molar-refractivity contribution in [2.45, 2.75) is 19.8 Å². The number of primary amides is 1. The lowest BCUT2D eigenvalue weighted by Crippen LogP contribution is -2.37. The molecule has 2 amide bonds. The van der Waals surface area contributed by atoms with Gasteiger partial charge in [0, 0.05) is 17.8 Å². The highest BCUT2D eigenvalue weighted by Gasteiger charge is 2.26. The van der Waals surface area contributed by atoms with Gasteiger partial charge in [-0.25, -0.2) is 13.4 Å². The number of carbonyl (C=O) groups excluding carboxylic acids is 2. The Balaban J connectivity index is 1.51. The van der Waals surface area contributed by atoms with E-state index in [1.54, 1.807) is 24.3 Å². The summed E-state index contributed by atoms with van der Waals surface area (Å²) >= 11 is 1.09. The number of rotatable bonds is 6. The van der Waals surface area contributed by atoms with Crippen LogP contribution >= 0.6 is 11.3 Å². The molecule has 1 saturated heterocycles. The van der Waals surface area contributed by atoms with Gasteiger partial charge >= 0.3 is 0 Å². The number of aromatic nitrogens is 1. The third-order valence-corrected chi connectivity index (χ3v) is 7.91. The van der Waals surface area contributed by atoms with Gasteiger partial charge in [0.05, 0.1) is 11.4 Å². The second-order valence-electron chi connectivity index (χ2n) is 7.65. The van der Waals surface area contributed by atoms with Gasteiger partial charge in [-0.1, -0.05) is 29.0 Å². The number of amides is 2. The number of thiazole rings is 1. The van der Waals surface area contributed by atoms with Crippen LogP contribution in [0.3, 0.4) is 0 Å². The molecule has 4 rings (SSSR count). The molecule has 0 unspecified atom stereocenters. The Labute approximate surface area is 195 Å². The first-order valence-corrected chi connectivity index (χ1v) is 12.7. The van der Waals surface area contributed by atoms with E-state index in [1.807, 2.05) is 31.2 Å². The summed E-state index contributed by atoms with van der Waals surface area (Å²) in [5.74, 6) is -1.10. The second-order valence-corrected chi connectivity index (χ2v) is 10.7. The fraction of sp³-hybridized carbons (Fsp3) is 0.227. The molecule has 1 fully saturated rings. The van der Waals surface area contributed by atoms with Crippen molar-refractivity contribution in [2.75, 3.05) is 27.2 Å². The molecule has 0 saturated carbocycles. The topological polar surface area (TPSA) is 134 Å². The third kappa shape index (κ3) is 5.15. The van der Waals surface area contributed by atoms with Crippen molar-refractivity contribution in [2.24, 2.45) is 5.73 Å². The molecule has 1 aromatic heterocycles. The van der Waals surface area contributed by atoms with E-state index in [9.17, 15) is 18.0 Å². The lowest BCUT2D eigenvalue weighted by Gasteiger charge is -2.28. The molecule has 1 aliphatic rings. The quantitative estimate of drug-likeness (QED) is 0.489. The molecule has 4 N–H and O–H groups in total. The summed E-state index contributed by atoms with van der Waals surface area (Å²) in [5, 5.41) is 6.42. The monoisotopic (exact) mass is 485 g/mol. The molecule has 0 spiro atoms. The lowest BCUT2D eigenvalue weighted by atomic mass is 10.2. The summed E-state index contributed by atoms with van der Waals surface area (Å²) in [6, 6.07) is 13.9. The minimum Gasteiger partial charge on any atom is -0.364 e. The van der Waals surface area contributed by atoms with Crippen LogP contribution < -0.4 is 20.7 Å². The fourth-order valence-electron chi connectivity index (χ4n) is 3.42. The first-order chi connectivity index (χ1) is 15.7. The second kappa shape index (κ2) is 9.20. The zero-order valence-corrected chi connectivity index (χ0v) is 19.5. The summed E-state index contributed by atoms with van der Waals surface area (Å²) in [4.78, 5) is 28.8. The number of anilines is 4. The van der Waals surface area contributed by atoms with Crippen LogP contribution in [0.4, 0.5) is 21.5 Å². The summed E-state index contributed by atoms with van der Waals surface area (Å²) in [7, 11) is -3.33. The molecule has 0 atom stereocenters. The largest absolute Gasteiger partial charge is 0.364 e.